The Balaban J connectivity index is 1.40. The van der Waals surface area contributed by atoms with Gasteiger partial charge in [-0.2, -0.15) is 0 Å². The topological polar surface area (TPSA) is 73.9 Å². The zero-order chi connectivity index (χ0) is 24.9. The van der Waals surface area contributed by atoms with Crippen LogP contribution in [0.3, 0.4) is 0 Å². The third-order valence-corrected chi connectivity index (χ3v) is 6.53. The molecule has 3 aromatic rings. The molecule has 0 bridgehead atoms. The normalized spacial score (nSPS) is 13.5. The van der Waals surface area contributed by atoms with Crippen LogP contribution in [0.1, 0.15) is 23.7 Å². The molecule has 3 aromatic carbocycles. The van der Waals surface area contributed by atoms with Gasteiger partial charge in [0.15, 0.2) is 5.11 Å². The van der Waals surface area contributed by atoms with Gasteiger partial charge in [0.2, 0.25) is 5.91 Å². The van der Waals surface area contributed by atoms with Crippen molar-refractivity contribution in [2.45, 2.75) is 13.3 Å². The maximum atomic E-state index is 12.9. The van der Waals surface area contributed by atoms with Gasteiger partial charge in [-0.25, -0.2) is 0 Å². The van der Waals surface area contributed by atoms with Gasteiger partial charge in [-0.15, -0.1) is 0 Å². The van der Waals surface area contributed by atoms with Crippen molar-refractivity contribution < 1.29 is 14.3 Å². The Morgan fingerprint density at radius 3 is 2.34 bits per heavy atom. The number of rotatable bonds is 5. The number of nitrogens with zero attached hydrogens (tertiary/aromatic N) is 2. The predicted molar refractivity (Wildman–Crippen MR) is 145 cm³/mol. The number of piperazine rings is 1. The quantitative estimate of drug-likeness (QED) is 0.485. The summed E-state index contributed by atoms with van der Waals surface area (Å²) >= 11 is 11.9. The highest BCUT2D eigenvalue weighted by Crippen LogP contribution is 2.30. The number of hydrogen-bond acceptors (Lipinski definition) is 5. The van der Waals surface area contributed by atoms with Gasteiger partial charge in [-0.05, 0) is 53.3 Å². The molecule has 1 aliphatic rings. The summed E-state index contributed by atoms with van der Waals surface area (Å²) in [6, 6.07) is 16.9. The number of benzene rings is 3. The van der Waals surface area contributed by atoms with Crippen molar-refractivity contribution in [1.82, 2.24) is 10.2 Å². The Bertz CT molecular complexity index is 1270. The van der Waals surface area contributed by atoms with Crippen LogP contribution in [-0.4, -0.2) is 55.1 Å². The molecule has 7 nitrogen and oxygen atoms in total. The molecule has 2 amide bonds. The molecule has 2 N–H and O–H groups in total. The molecule has 0 aromatic heterocycles. The molecular formula is C26H27ClN4O3S. The number of methoxy groups -OCH3 is 1. The van der Waals surface area contributed by atoms with E-state index in [-0.39, 0.29) is 16.9 Å². The fraction of sp³-hybridized carbons (Fsp3) is 0.269. The summed E-state index contributed by atoms with van der Waals surface area (Å²) in [7, 11) is 1.53. The third-order valence-electron chi connectivity index (χ3n) is 6.02. The Morgan fingerprint density at radius 1 is 1.03 bits per heavy atom. The zero-order valence-electron chi connectivity index (χ0n) is 19.6. The van der Waals surface area contributed by atoms with Crippen LogP contribution in [0.5, 0.6) is 5.75 Å². The van der Waals surface area contributed by atoms with E-state index >= 15 is 0 Å². The molecule has 0 unspecified atom stereocenters. The molecule has 0 radical (unpaired) electrons. The minimum absolute atomic E-state index is 0.153. The lowest BCUT2D eigenvalue weighted by Gasteiger charge is -2.36. The summed E-state index contributed by atoms with van der Waals surface area (Å²) in [5.41, 5.74) is 1.95. The zero-order valence-corrected chi connectivity index (χ0v) is 21.2. The van der Waals surface area contributed by atoms with Crippen LogP contribution >= 0.6 is 23.8 Å². The maximum absolute atomic E-state index is 12.9. The number of hydrogen-bond donors (Lipinski definition) is 2. The van der Waals surface area contributed by atoms with Gasteiger partial charge in [0.25, 0.3) is 5.91 Å². The first-order chi connectivity index (χ1) is 16.9. The van der Waals surface area contributed by atoms with Crippen molar-refractivity contribution in [3.8, 4) is 5.75 Å². The number of halogens is 1. The number of anilines is 2. The van der Waals surface area contributed by atoms with E-state index in [1.807, 2.05) is 54.3 Å². The number of ether oxygens (including phenoxy) is 1. The standard InChI is InChI=1S/C26H27ClN4O3S/c1-3-24(32)31-12-10-30(11-13-31)22-9-8-19(16-21(22)27)28-26(35)29-25(33)20-14-17-6-4-5-7-18(17)15-23(20)34-2/h4-9,14-16H,3,10-13H2,1-2H3,(H2,28,29,33,35). The largest absolute Gasteiger partial charge is 0.496 e. The van der Waals surface area contributed by atoms with E-state index in [9.17, 15) is 9.59 Å². The smallest absolute Gasteiger partial charge is 0.261 e. The van der Waals surface area contributed by atoms with Crippen LogP contribution in [-0.2, 0) is 4.79 Å². The van der Waals surface area contributed by atoms with Crippen LogP contribution < -0.4 is 20.3 Å². The number of carbonyl (C=O) groups is 2. The second kappa shape index (κ2) is 10.9. The second-order valence-corrected chi connectivity index (χ2v) is 9.01. The lowest BCUT2D eigenvalue weighted by molar-refractivity contribution is -0.131. The minimum Gasteiger partial charge on any atom is -0.496 e. The highest BCUT2D eigenvalue weighted by atomic mass is 35.5. The van der Waals surface area contributed by atoms with Crippen LogP contribution in [0.2, 0.25) is 5.02 Å². The molecule has 1 fully saturated rings. The van der Waals surface area contributed by atoms with Gasteiger partial charge in [0.05, 0.1) is 23.4 Å². The van der Waals surface area contributed by atoms with E-state index in [1.165, 1.54) is 7.11 Å². The van der Waals surface area contributed by atoms with Crippen molar-refractivity contribution in [1.29, 1.82) is 0 Å². The van der Waals surface area contributed by atoms with Crippen LogP contribution in [0.15, 0.2) is 54.6 Å². The van der Waals surface area contributed by atoms with E-state index in [0.717, 1.165) is 29.5 Å². The molecule has 4 rings (SSSR count). The Hall–Kier alpha value is -3.36. The molecule has 9 heteroatoms. The maximum Gasteiger partial charge on any atom is 0.261 e. The first-order valence-corrected chi connectivity index (χ1v) is 12.2. The van der Waals surface area contributed by atoms with Crippen LogP contribution in [0, 0.1) is 0 Å². The van der Waals surface area contributed by atoms with Crippen molar-refractivity contribution in [2.75, 3.05) is 43.5 Å². The Labute approximate surface area is 215 Å². The monoisotopic (exact) mass is 510 g/mol. The predicted octanol–water partition coefficient (Wildman–Crippen LogP) is 4.69. The van der Waals surface area contributed by atoms with Gasteiger partial charge in [0.1, 0.15) is 5.75 Å². The number of nitrogens with one attached hydrogen (secondary N) is 2. The first kappa shape index (κ1) is 24.8. The summed E-state index contributed by atoms with van der Waals surface area (Å²) < 4.78 is 5.42. The number of thiocarbonyl (C=S) groups is 1. The van der Waals surface area contributed by atoms with Crippen molar-refractivity contribution in [3.63, 3.8) is 0 Å². The fourth-order valence-corrected chi connectivity index (χ4v) is 4.67. The number of carbonyl (C=O) groups excluding carboxylic acids is 2. The molecular weight excluding hydrogens is 484 g/mol. The van der Waals surface area contributed by atoms with Gasteiger partial charge in [-0.3, -0.25) is 14.9 Å². The summed E-state index contributed by atoms with van der Waals surface area (Å²) in [5, 5.41) is 8.36. The van der Waals surface area contributed by atoms with Crippen molar-refractivity contribution in [2.24, 2.45) is 0 Å². The van der Waals surface area contributed by atoms with Gasteiger partial charge < -0.3 is 19.9 Å². The summed E-state index contributed by atoms with van der Waals surface area (Å²) in [4.78, 5) is 28.9. The van der Waals surface area contributed by atoms with E-state index in [0.29, 0.717) is 41.5 Å². The highest BCUT2D eigenvalue weighted by molar-refractivity contribution is 7.80. The highest BCUT2D eigenvalue weighted by Gasteiger charge is 2.22. The molecule has 1 aliphatic heterocycles. The summed E-state index contributed by atoms with van der Waals surface area (Å²) in [5.74, 6) is 0.275. The summed E-state index contributed by atoms with van der Waals surface area (Å²) in [6.07, 6.45) is 0.519. The van der Waals surface area contributed by atoms with E-state index in [1.54, 1.807) is 12.1 Å². The Kier molecular flexibility index (Phi) is 7.73. The molecule has 182 valence electrons. The van der Waals surface area contributed by atoms with E-state index < -0.39 is 0 Å². The SMILES string of the molecule is CCC(=O)N1CCN(c2ccc(NC(=S)NC(=O)c3cc4ccccc4cc3OC)cc2Cl)CC1. The fourth-order valence-electron chi connectivity index (χ4n) is 4.16. The number of amides is 2. The third kappa shape index (κ3) is 5.66. The molecule has 0 spiro atoms. The summed E-state index contributed by atoms with van der Waals surface area (Å²) in [6.45, 7) is 4.68. The van der Waals surface area contributed by atoms with E-state index in [4.69, 9.17) is 28.6 Å². The van der Waals surface area contributed by atoms with Gasteiger partial charge >= 0.3 is 0 Å². The van der Waals surface area contributed by atoms with Crippen molar-refractivity contribution >= 4 is 62.9 Å². The van der Waals surface area contributed by atoms with Crippen molar-refractivity contribution in [3.05, 3.63) is 65.2 Å². The minimum atomic E-state index is -0.368. The molecule has 0 aliphatic carbocycles. The number of fused-ring (bicyclic) bond motifs is 1. The van der Waals surface area contributed by atoms with Crippen LogP contribution in [0.4, 0.5) is 11.4 Å². The first-order valence-electron chi connectivity index (χ1n) is 11.4. The van der Waals surface area contributed by atoms with Gasteiger partial charge in [0, 0.05) is 38.3 Å². The molecule has 0 atom stereocenters. The van der Waals surface area contributed by atoms with E-state index in [2.05, 4.69) is 15.5 Å². The molecule has 0 saturated carbocycles. The van der Waals surface area contributed by atoms with Gasteiger partial charge in [-0.1, -0.05) is 42.8 Å². The average molecular weight is 511 g/mol. The molecule has 1 saturated heterocycles. The van der Waals surface area contributed by atoms with Crippen LogP contribution in [0.25, 0.3) is 10.8 Å². The average Bonchev–Trinajstić information content (AvgIpc) is 2.87. The second-order valence-electron chi connectivity index (χ2n) is 8.20. The molecule has 1 heterocycles. The molecule has 35 heavy (non-hydrogen) atoms. The lowest BCUT2D eigenvalue weighted by Crippen LogP contribution is -2.48. The Morgan fingerprint density at radius 2 is 1.71 bits per heavy atom. The lowest BCUT2D eigenvalue weighted by atomic mass is 10.1.